The second-order valence-electron chi connectivity index (χ2n) is 3.95. The second-order valence-corrected chi connectivity index (χ2v) is 6.41. The van der Waals surface area contributed by atoms with Crippen molar-refractivity contribution in [2.45, 2.75) is 4.90 Å². The van der Waals surface area contributed by atoms with Gasteiger partial charge in [0.2, 0.25) is 0 Å². The van der Waals surface area contributed by atoms with Crippen molar-refractivity contribution in [2.24, 2.45) is 0 Å². The van der Waals surface area contributed by atoms with E-state index >= 15 is 0 Å². The zero-order valence-corrected chi connectivity index (χ0v) is 13.9. The highest BCUT2D eigenvalue weighted by Crippen LogP contribution is 2.28. The molecule has 1 aromatic heterocycles. The van der Waals surface area contributed by atoms with E-state index in [1.807, 2.05) is 0 Å². The standard InChI is InChI=1S/C14H11BrClNO3S/c15-11-7-9(16)1-2-13(11)20-5-6-21-10-3-4-17-12(8-10)14(18)19/h1-4,7-8H,5-6H2,(H,18,19). The van der Waals surface area contributed by atoms with Crippen molar-refractivity contribution in [3.63, 3.8) is 0 Å². The van der Waals surface area contributed by atoms with Gasteiger partial charge in [-0.3, -0.25) is 0 Å². The fourth-order valence-corrected chi connectivity index (χ4v) is 3.07. The zero-order valence-electron chi connectivity index (χ0n) is 10.8. The first kappa shape index (κ1) is 16.1. The summed E-state index contributed by atoms with van der Waals surface area (Å²) in [4.78, 5) is 15.4. The molecule has 0 spiro atoms. The Morgan fingerprint density at radius 2 is 2.19 bits per heavy atom. The van der Waals surface area contributed by atoms with E-state index in [1.54, 1.807) is 30.3 Å². The van der Waals surface area contributed by atoms with Gasteiger partial charge >= 0.3 is 5.97 Å². The minimum absolute atomic E-state index is 0.0429. The van der Waals surface area contributed by atoms with Gasteiger partial charge in [0.1, 0.15) is 11.4 Å². The molecule has 1 aromatic carbocycles. The van der Waals surface area contributed by atoms with Gasteiger partial charge in [0.15, 0.2) is 0 Å². The van der Waals surface area contributed by atoms with Gasteiger partial charge in [-0.1, -0.05) is 11.6 Å². The number of thioether (sulfide) groups is 1. The van der Waals surface area contributed by atoms with Crippen molar-refractivity contribution < 1.29 is 14.6 Å². The molecule has 0 atom stereocenters. The lowest BCUT2D eigenvalue weighted by Crippen LogP contribution is -2.02. The third kappa shape index (κ3) is 4.91. The summed E-state index contributed by atoms with van der Waals surface area (Å²) in [5, 5.41) is 9.51. The van der Waals surface area contributed by atoms with Gasteiger partial charge in [0.25, 0.3) is 0 Å². The van der Waals surface area contributed by atoms with Crippen molar-refractivity contribution in [3.05, 3.63) is 51.7 Å². The largest absolute Gasteiger partial charge is 0.492 e. The van der Waals surface area contributed by atoms with Crippen LogP contribution in [0.25, 0.3) is 0 Å². The van der Waals surface area contributed by atoms with E-state index in [2.05, 4.69) is 20.9 Å². The van der Waals surface area contributed by atoms with E-state index in [0.717, 1.165) is 15.1 Å². The number of hydrogen-bond acceptors (Lipinski definition) is 4. The summed E-state index contributed by atoms with van der Waals surface area (Å²) in [6, 6.07) is 8.65. The summed E-state index contributed by atoms with van der Waals surface area (Å²) in [5.41, 5.74) is 0.0429. The predicted molar refractivity (Wildman–Crippen MR) is 86.6 cm³/mol. The number of hydrogen-bond donors (Lipinski definition) is 1. The highest BCUT2D eigenvalue weighted by Gasteiger charge is 2.06. The Hall–Kier alpha value is -1.24. The molecule has 0 bridgehead atoms. The van der Waals surface area contributed by atoms with Crippen LogP contribution in [0.15, 0.2) is 45.9 Å². The summed E-state index contributed by atoms with van der Waals surface area (Å²) < 4.78 is 6.44. The molecule has 1 N–H and O–H groups in total. The number of benzene rings is 1. The molecular weight excluding hydrogens is 378 g/mol. The molecule has 0 saturated heterocycles. The van der Waals surface area contributed by atoms with Gasteiger partial charge in [0, 0.05) is 21.9 Å². The van der Waals surface area contributed by atoms with Crippen LogP contribution in [0, 0.1) is 0 Å². The molecule has 2 aromatic rings. The van der Waals surface area contributed by atoms with E-state index < -0.39 is 5.97 Å². The highest BCUT2D eigenvalue weighted by atomic mass is 79.9. The highest BCUT2D eigenvalue weighted by molar-refractivity contribution is 9.10. The Kier molecular flexibility index (Phi) is 5.90. The van der Waals surface area contributed by atoms with Crippen LogP contribution >= 0.6 is 39.3 Å². The molecule has 0 aliphatic rings. The average Bonchev–Trinajstić information content (AvgIpc) is 2.45. The molecule has 0 unspecified atom stereocenters. The summed E-state index contributed by atoms with van der Waals surface area (Å²) in [7, 11) is 0. The van der Waals surface area contributed by atoms with E-state index in [0.29, 0.717) is 17.4 Å². The smallest absolute Gasteiger partial charge is 0.354 e. The molecule has 0 fully saturated rings. The minimum atomic E-state index is -1.03. The van der Waals surface area contributed by atoms with Gasteiger partial charge in [-0.05, 0) is 46.3 Å². The first-order valence-corrected chi connectivity index (χ1v) is 8.12. The van der Waals surface area contributed by atoms with Crippen LogP contribution in [0.2, 0.25) is 5.02 Å². The van der Waals surface area contributed by atoms with Crippen LogP contribution in [-0.4, -0.2) is 28.4 Å². The Balaban J connectivity index is 1.84. The minimum Gasteiger partial charge on any atom is -0.492 e. The maximum Gasteiger partial charge on any atom is 0.354 e. The van der Waals surface area contributed by atoms with E-state index in [-0.39, 0.29) is 5.69 Å². The van der Waals surface area contributed by atoms with Crippen LogP contribution in [0.3, 0.4) is 0 Å². The Bertz CT molecular complexity index is 654. The molecule has 7 heteroatoms. The lowest BCUT2D eigenvalue weighted by atomic mass is 10.3. The molecule has 21 heavy (non-hydrogen) atoms. The number of rotatable bonds is 6. The van der Waals surface area contributed by atoms with Gasteiger partial charge < -0.3 is 9.84 Å². The fraction of sp³-hybridized carbons (Fsp3) is 0.143. The molecule has 0 saturated carbocycles. The average molecular weight is 389 g/mol. The first-order chi connectivity index (χ1) is 10.1. The fourth-order valence-electron chi connectivity index (χ4n) is 1.52. The Morgan fingerprint density at radius 3 is 2.90 bits per heavy atom. The Morgan fingerprint density at radius 1 is 1.38 bits per heavy atom. The molecule has 110 valence electrons. The molecule has 0 radical (unpaired) electrons. The van der Waals surface area contributed by atoms with E-state index in [4.69, 9.17) is 21.4 Å². The number of ether oxygens (including phenoxy) is 1. The topological polar surface area (TPSA) is 59.4 Å². The second kappa shape index (κ2) is 7.68. The summed E-state index contributed by atoms with van der Waals surface area (Å²) in [5.74, 6) is 0.387. The van der Waals surface area contributed by atoms with Crippen LogP contribution in [0.5, 0.6) is 5.75 Å². The number of carboxylic acids is 1. The molecule has 2 rings (SSSR count). The Labute approximate surface area is 139 Å². The zero-order chi connectivity index (χ0) is 15.2. The van der Waals surface area contributed by atoms with Crippen molar-refractivity contribution in [3.8, 4) is 5.75 Å². The molecule has 0 amide bonds. The van der Waals surface area contributed by atoms with Crippen LogP contribution in [0.4, 0.5) is 0 Å². The van der Waals surface area contributed by atoms with Crippen LogP contribution < -0.4 is 4.74 Å². The van der Waals surface area contributed by atoms with Crippen molar-refractivity contribution in [1.82, 2.24) is 4.98 Å². The van der Waals surface area contributed by atoms with E-state index in [1.165, 1.54) is 18.0 Å². The lowest BCUT2D eigenvalue weighted by molar-refractivity contribution is 0.0690. The van der Waals surface area contributed by atoms with Gasteiger partial charge in [-0.15, -0.1) is 11.8 Å². The van der Waals surface area contributed by atoms with Crippen molar-refractivity contribution in [1.29, 1.82) is 0 Å². The van der Waals surface area contributed by atoms with Crippen molar-refractivity contribution >= 4 is 45.3 Å². The van der Waals surface area contributed by atoms with Gasteiger partial charge in [-0.25, -0.2) is 9.78 Å². The third-order valence-corrected chi connectivity index (χ3v) is 4.27. The molecule has 4 nitrogen and oxygen atoms in total. The molecule has 0 aliphatic carbocycles. The van der Waals surface area contributed by atoms with Crippen molar-refractivity contribution in [2.75, 3.05) is 12.4 Å². The number of carboxylic acid groups (broad SMARTS) is 1. The number of pyridine rings is 1. The normalized spacial score (nSPS) is 10.4. The maximum absolute atomic E-state index is 10.8. The number of aromatic carboxylic acids is 1. The lowest BCUT2D eigenvalue weighted by Gasteiger charge is -2.08. The SMILES string of the molecule is O=C(O)c1cc(SCCOc2ccc(Cl)cc2Br)ccn1. The predicted octanol–water partition coefficient (Wildman–Crippen LogP) is 4.37. The third-order valence-electron chi connectivity index (χ3n) is 2.45. The number of halogens is 2. The quantitative estimate of drug-likeness (QED) is 0.588. The summed E-state index contributed by atoms with van der Waals surface area (Å²) >= 11 is 10.7. The van der Waals surface area contributed by atoms with Crippen LogP contribution in [0.1, 0.15) is 10.5 Å². The van der Waals surface area contributed by atoms with Gasteiger partial charge in [0.05, 0.1) is 11.1 Å². The first-order valence-electron chi connectivity index (χ1n) is 5.96. The summed E-state index contributed by atoms with van der Waals surface area (Å²) in [6.07, 6.45) is 1.49. The number of nitrogens with zero attached hydrogens (tertiary/aromatic N) is 1. The number of aromatic nitrogens is 1. The molecule has 0 aliphatic heterocycles. The summed E-state index contributed by atoms with van der Waals surface area (Å²) in [6.45, 7) is 0.496. The molecule has 1 heterocycles. The van der Waals surface area contributed by atoms with E-state index in [9.17, 15) is 4.79 Å². The molecular formula is C14H11BrClNO3S. The maximum atomic E-state index is 10.8. The number of carbonyl (C=O) groups is 1. The monoisotopic (exact) mass is 387 g/mol. The van der Waals surface area contributed by atoms with Crippen LogP contribution in [-0.2, 0) is 0 Å². The van der Waals surface area contributed by atoms with Gasteiger partial charge in [-0.2, -0.15) is 0 Å².